The molecule has 0 radical (unpaired) electrons. The van der Waals surface area contributed by atoms with E-state index >= 15 is 0 Å². The van der Waals surface area contributed by atoms with Crippen molar-refractivity contribution in [3.05, 3.63) is 59.4 Å². The third-order valence-corrected chi connectivity index (χ3v) is 8.34. The van der Waals surface area contributed by atoms with E-state index in [0.717, 1.165) is 29.3 Å². The van der Waals surface area contributed by atoms with E-state index in [1.165, 1.54) is 17.8 Å². The molecule has 2 unspecified atom stereocenters. The van der Waals surface area contributed by atoms with Gasteiger partial charge in [0, 0.05) is 24.0 Å². The molecule has 204 valence electrons. The zero-order valence-electron chi connectivity index (χ0n) is 22.4. The number of likely N-dealkylation sites (tertiary alicyclic amines) is 1. The van der Waals surface area contributed by atoms with Crippen LogP contribution in [0.3, 0.4) is 0 Å². The molecular weight excluding hydrogens is 517 g/mol. The van der Waals surface area contributed by atoms with Gasteiger partial charge in [0.05, 0.1) is 29.8 Å². The molecule has 39 heavy (non-hydrogen) atoms. The van der Waals surface area contributed by atoms with Gasteiger partial charge in [-0.1, -0.05) is 48.5 Å². The standard InChI is InChI=1S/C29H32FN5O3S/c1-4-24(27(36)34-14-8-10-20(16-34)28(37)38-5-2)39-29-31-26-25(32-33-29)21-15-18(3)12-13-23(21)35(26)17-19-9-6-7-11-22(19)30/h6-7,9,11-13,15,20,24H,4-5,8,10,14,16-17H2,1-3H3. The van der Waals surface area contributed by atoms with E-state index < -0.39 is 5.25 Å². The molecule has 10 heteroatoms. The Morgan fingerprint density at radius 3 is 2.77 bits per heavy atom. The van der Waals surface area contributed by atoms with Crippen LogP contribution in [0.15, 0.2) is 47.6 Å². The van der Waals surface area contributed by atoms with Gasteiger partial charge in [-0.05, 0) is 51.3 Å². The number of esters is 1. The Labute approximate surface area is 230 Å². The van der Waals surface area contributed by atoms with E-state index in [9.17, 15) is 14.0 Å². The van der Waals surface area contributed by atoms with Crippen LogP contribution in [-0.2, 0) is 20.9 Å². The van der Waals surface area contributed by atoms with Gasteiger partial charge in [-0.2, -0.15) is 0 Å². The van der Waals surface area contributed by atoms with Crippen molar-refractivity contribution in [1.82, 2.24) is 24.6 Å². The zero-order chi connectivity index (χ0) is 27.5. The highest BCUT2D eigenvalue weighted by Gasteiger charge is 2.33. The average Bonchev–Trinajstić information content (AvgIpc) is 3.24. The third-order valence-electron chi connectivity index (χ3n) is 7.14. The van der Waals surface area contributed by atoms with Crippen LogP contribution in [0, 0.1) is 18.7 Å². The SMILES string of the molecule is CCOC(=O)C1CCCN(C(=O)C(CC)Sc2nnc3c4cc(C)ccc4n(Cc4ccccc4F)c3n2)C1. The number of rotatable bonds is 8. The summed E-state index contributed by atoms with van der Waals surface area (Å²) in [5.74, 6) is -0.859. The van der Waals surface area contributed by atoms with E-state index in [2.05, 4.69) is 10.2 Å². The van der Waals surface area contributed by atoms with Crippen LogP contribution in [0.2, 0.25) is 0 Å². The molecular formula is C29H32FN5O3S. The van der Waals surface area contributed by atoms with Crippen LogP contribution in [-0.4, -0.2) is 61.5 Å². The molecule has 2 aromatic heterocycles. The Balaban J connectivity index is 1.45. The molecule has 1 fully saturated rings. The molecule has 1 saturated heterocycles. The summed E-state index contributed by atoms with van der Waals surface area (Å²) in [5, 5.41) is 9.76. The van der Waals surface area contributed by atoms with Crippen LogP contribution in [0.4, 0.5) is 4.39 Å². The number of benzene rings is 2. The predicted octanol–water partition coefficient (Wildman–Crippen LogP) is 5.15. The maximum absolute atomic E-state index is 14.6. The number of nitrogens with zero attached hydrogens (tertiary/aromatic N) is 5. The van der Waals surface area contributed by atoms with Gasteiger partial charge in [0.1, 0.15) is 11.3 Å². The van der Waals surface area contributed by atoms with Crippen LogP contribution < -0.4 is 0 Å². The molecule has 4 aromatic rings. The lowest BCUT2D eigenvalue weighted by Crippen LogP contribution is -2.46. The first-order chi connectivity index (χ1) is 18.9. The lowest BCUT2D eigenvalue weighted by Gasteiger charge is -2.33. The molecule has 2 atom stereocenters. The van der Waals surface area contributed by atoms with Crippen molar-refractivity contribution in [2.45, 2.75) is 57.0 Å². The first kappa shape index (κ1) is 27.1. The second-order valence-corrected chi connectivity index (χ2v) is 11.0. The van der Waals surface area contributed by atoms with Crippen molar-refractivity contribution in [2.75, 3.05) is 19.7 Å². The molecule has 5 rings (SSSR count). The number of hydrogen-bond acceptors (Lipinski definition) is 7. The monoisotopic (exact) mass is 549 g/mol. The molecule has 1 aliphatic heterocycles. The quantitative estimate of drug-likeness (QED) is 0.222. The van der Waals surface area contributed by atoms with Crippen LogP contribution >= 0.6 is 11.8 Å². The normalized spacial score (nSPS) is 16.5. The summed E-state index contributed by atoms with van der Waals surface area (Å²) in [6.45, 7) is 7.34. The van der Waals surface area contributed by atoms with E-state index in [1.54, 1.807) is 24.0 Å². The van der Waals surface area contributed by atoms with Gasteiger partial charge < -0.3 is 14.2 Å². The largest absolute Gasteiger partial charge is 0.466 e. The number of ether oxygens (including phenoxy) is 1. The fourth-order valence-corrected chi connectivity index (χ4v) is 6.03. The summed E-state index contributed by atoms with van der Waals surface area (Å²) in [5.41, 5.74) is 3.75. The fraction of sp³-hybridized carbons (Fsp3) is 0.414. The summed E-state index contributed by atoms with van der Waals surface area (Å²) < 4.78 is 21.7. The molecule has 0 bridgehead atoms. The average molecular weight is 550 g/mol. The summed E-state index contributed by atoms with van der Waals surface area (Å²) in [4.78, 5) is 32.4. The van der Waals surface area contributed by atoms with E-state index in [1.807, 2.05) is 42.7 Å². The minimum Gasteiger partial charge on any atom is -0.466 e. The van der Waals surface area contributed by atoms with Crippen molar-refractivity contribution in [1.29, 1.82) is 0 Å². The Hall–Kier alpha value is -3.53. The Bertz CT molecular complexity index is 1520. The van der Waals surface area contributed by atoms with Crippen LogP contribution in [0.25, 0.3) is 22.1 Å². The van der Waals surface area contributed by atoms with Crippen LogP contribution in [0.5, 0.6) is 0 Å². The van der Waals surface area contributed by atoms with Crippen molar-refractivity contribution in [3.8, 4) is 0 Å². The molecule has 0 spiro atoms. The maximum atomic E-state index is 14.6. The topological polar surface area (TPSA) is 90.2 Å². The van der Waals surface area contributed by atoms with Gasteiger partial charge in [0.2, 0.25) is 11.1 Å². The molecule has 0 aliphatic carbocycles. The minimum atomic E-state index is -0.420. The predicted molar refractivity (Wildman–Crippen MR) is 149 cm³/mol. The van der Waals surface area contributed by atoms with E-state index in [0.29, 0.717) is 48.0 Å². The van der Waals surface area contributed by atoms with Gasteiger partial charge in [0.15, 0.2) is 5.65 Å². The highest BCUT2D eigenvalue weighted by molar-refractivity contribution is 8.00. The molecule has 1 aliphatic rings. The molecule has 2 aromatic carbocycles. The number of amides is 1. The summed E-state index contributed by atoms with van der Waals surface area (Å²) in [7, 11) is 0. The van der Waals surface area contributed by atoms with Gasteiger partial charge >= 0.3 is 5.97 Å². The molecule has 0 N–H and O–H groups in total. The number of carbonyl (C=O) groups is 2. The third kappa shape index (κ3) is 5.61. The number of thioether (sulfide) groups is 1. The van der Waals surface area contributed by atoms with Gasteiger partial charge in [-0.25, -0.2) is 9.37 Å². The summed E-state index contributed by atoms with van der Waals surface area (Å²) >= 11 is 1.28. The fourth-order valence-electron chi connectivity index (χ4n) is 5.13. The van der Waals surface area contributed by atoms with Gasteiger partial charge in [0.25, 0.3) is 0 Å². The highest BCUT2D eigenvalue weighted by atomic mass is 32.2. The molecule has 1 amide bonds. The Morgan fingerprint density at radius 2 is 2.00 bits per heavy atom. The Kier molecular flexibility index (Phi) is 8.11. The number of carbonyl (C=O) groups excluding carboxylic acids is 2. The first-order valence-corrected chi connectivity index (χ1v) is 14.3. The van der Waals surface area contributed by atoms with Crippen LogP contribution in [0.1, 0.15) is 44.2 Å². The van der Waals surface area contributed by atoms with E-state index in [-0.39, 0.29) is 30.2 Å². The number of hydrogen-bond donors (Lipinski definition) is 0. The second kappa shape index (κ2) is 11.7. The zero-order valence-corrected chi connectivity index (χ0v) is 23.2. The minimum absolute atomic E-state index is 0.0391. The molecule has 3 heterocycles. The highest BCUT2D eigenvalue weighted by Crippen LogP contribution is 2.31. The number of piperidine rings is 1. The van der Waals surface area contributed by atoms with Crippen molar-refractivity contribution in [2.24, 2.45) is 5.92 Å². The number of fused-ring (bicyclic) bond motifs is 3. The van der Waals surface area contributed by atoms with Gasteiger partial charge in [-0.15, -0.1) is 10.2 Å². The van der Waals surface area contributed by atoms with Crippen molar-refractivity contribution in [3.63, 3.8) is 0 Å². The maximum Gasteiger partial charge on any atom is 0.310 e. The van der Waals surface area contributed by atoms with E-state index in [4.69, 9.17) is 9.72 Å². The summed E-state index contributed by atoms with van der Waals surface area (Å²) in [6, 6.07) is 12.7. The lowest BCUT2D eigenvalue weighted by atomic mass is 9.98. The number of aromatic nitrogens is 4. The second-order valence-electron chi connectivity index (χ2n) is 9.85. The summed E-state index contributed by atoms with van der Waals surface area (Å²) in [6.07, 6.45) is 2.06. The van der Waals surface area contributed by atoms with Crippen molar-refractivity contribution < 1.29 is 18.7 Å². The lowest BCUT2D eigenvalue weighted by molar-refractivity contribution is -0.151. The molecule has 8 nitrogen and oxygen atoms in total. The smallest absolute Gasteiger partial charge is 0.310 e. The molecule has 0 saturated carbocycles. The van der Waals surface area contributed by atoms with Crippen molar-refractivity contribution >= 4 is 45.7 Å². The number of aryl methyl sites for hydroxylation is 1. The Morgan fingerprint density at radius 1 is 1.18 bits per heavy atom. The number of halogens is 1. The first-order valence-electron chi connectivity index (χ1n) is 13.4. The van der Waals surface area contributed by atoms with Gasteiger partial charge in [-0.3, -0.25) is 9.59 Å².